The summed E-state index contributed by atoms with van der Waals surface area (Å²) in [5, 5.41) is 5.14. The van der Waals surface area contributed by atoms with Crippen LogP contribution in [0.3, 0.4) is 0 Å². The second-order valence-corrected chi connectivity index (χ2v) is 7.21. The van der Waals surface area contributed by atoms with Gasteiger partial charge >= 0.3 is 5.97 Å². The zero-order valence-corrected chi connectivity index (χ0v) is 14.3. The van der Waals surface area contributed by atoms with Crippen molar-refractivity contribution in [3.8, 4) is 0 Å². The highest BCUT2D eigenvalue weighted by Gasteiger charge is 2.28. The molecule has 0 aromatic heterocycles. The molecule has 21 heavy (non-hydrogen) atoms. The van der Waals surface area contributed by atoms with Crippen LogP contribution in [0.1, 0.15) is 55.4 Å². The Balaban J connectivity index is 4.48. The summed E-state index contributed by atoms with van der Waals surface area (Å²) in [6.45, 7) is 13.7. The van der Waals surface area contributed by atoms with Crippen LogP contribution in [-0.2, 0) is 19.1 Å². The van der Waals surface area contributed by atoms with Crippen molar-refractivity contribution in [3.05, 3.63) is 0 Å². The largest absolute Gasteiger partial charge is 0.458 e. The van der Waals surface area contributed by atoms with Gasteiger partial charge in [0.15, 0.2) is 0 Å². The van der Waals surface area contributed by atoms with E-state index >= 15 is 0 Å². The molecule has 0 radical (unpaired) electrons. The minimum Gasteiger partial charge on any atom is -0.458 e. The summed E-state index contributed by atoms with van der Waals surface area (Å²) in [5.41, 5.74) is -1.19. The molecular formula is C15H28N2O4. The summed E-state index contributed by atoms with van der Waals surface area (Å²) in [6, 6.07) is -1.49. The number of ether oxygens (including phenoxy) is 1. The topological polar surface area (TPSA) is 84.5 Å². The van der Waals surface area contributed by atoms with Gasteiger partial charge in [0.2, 0.25) is 11.8 Å². The van der Waals surface area contributed by atoms with Crippen molar-refractivity contribution in [1.29, 1.82) is 0 Å². The number of carbonyl (C=O) groups is 3. The first-order chi connectivity index (χ1) is 9.24. The van der Waals surface area contributed by atoms with Crippen LogP contribution in [0.15, 0.2) is 0 Å². The maximum Gasteiger partial charge on any atom is 0.328 e. The first-order valence-electron chi connectivity index (χ1n) is 7.08. The van der Waals surface area contributed by atoms with Gasteiger partial charge in [0, 0.05) is 5.41 Å². The van der Waals surface area contributed by atoms with Gasteiger partial charge in [-0.15, -0.1) is 0 Å². The van der Waals surface area contributed by atoms with Gasteiger partial charge in [-0.25, -0.2) is 4.79 Å². The lowest BCUT2D eigenvalue weighted by Crippen LogP contribution is -2.52. The molecule has 0 rings (SSSR count). The molecule has 122 valence electrons. The van der Waals surface area contributed by atoms with Crippen molar-refractivity contribution in [2.45, 2.75) is 73.1 Å². The molecule has 1 unspecified atom stereocenters. The molecule has 0 saturated heterocycles. The van der Waals surface area contributed by atoms with E-state index in [2.05, 4.69) is 10.6 Å². The number of rotatable bonds is 4. The summed E-state index contributed by atoms with van der Waals surface area (Å²) in [7, 11) is 0. The van der Waals surface area contributed by atoms with Gasteiger partial charge in [-0.1, -0.05) is 20.8 Å². The van der Waals surface area contributed by atoms with Gasteiger partial charge in [0.25, 0.3) is 0 Å². The van der Waals surface area contributed by atoms with E-state index < -0.39 is 35.0 Å². The molecule has 2 N–H and O–H groups in total. The summed E-state index contributed by atoms with van der Waals surface area (Å²) >= 11 is 0. The molecule has 0 spiro atoms. The Labute approximate surface area is 127 Å². The minimum absolute atomic E-state index is 0.227. The molecule has 0 bridgehead atoms. The standard InChI is InChI=1S/C15H28N2O4/c1-9(17-13(20)14(3,4)5)11(18)16-10(2)12(19)21-15(6,7)8/h9-10H,1-8H3,(H,16,18)(H,17,20)/t9?,10-/m0/s1. The Hall–Kier alpha value is -1.59. The van der Waals surface area contributed by atoms with E-state index in [1.165, 1.54) is 0 Å². The van der Waals surface area contributed by atoms with Crippen LogP contribution in [0.5, 0.6) is 0 Å². The SMILES string of the molecule is CC(NC(=O)C(C)(C)C)C(=O)N[C@@H](C)C(=O)OC(C)(C)C. The number of nitrogens with one attached hydrogen (secondary N) is 2. The molecule has 6 heteroatoms. The second kappa shape index (κ2) is 6.91. The zero-order valence-electron chi connectivity index (χ0n) is 14.3. The van der Waals surface area contributed by atoms with Crippen LogP contribution in [0.2, 0.25) is 0 Å². The molecule has 0 aliphatic heterocycles. The Morgan fingerprint density at radius 2 is 1.33 bits per heavy atom. The van der Waals surface area contributed by atoms with Gasteiger partial charge in [-0.3, -0.25) is 9.59 Å². The first-order valence-corrected chi connectivity index (χ1v) is 7.08. The molecule has 0 heterocycles. The van der Waals surface area contributed by atoms with Gasteiger partial charge in [0.1, 0.15) is 17.7 Å². The van der Waals surface area contributed by atoms with Crippen LogP contribution in [0.4, 0.5) is 0 Å². The smallest absolute Gasteiger partial charge is 0.328 e. The predicted octanol–water partition coefficient (Wildman–Crippen LogP) is 1.38. The lowest BCUT2D eigenvalue weighted by molar-refractivity contribution is -0.158. The molecule has 0 fully saturated rings. The molecule has 0 saturated carbocycles. The summed E-state index contributed by atoms with van der Waals surface area (Å²) in [6.07, 6.45) is 0. The number of esters is 1. The second-order valence-electron chi connectivity index (χ2n) is 7.21. The van der Waals surface area contributed by atoms with Crippen LogP contribution < -0.4 is 10.6 Å². The Morgan fingerprint density at radius 3 is 1.71 bits per heavy atom. The fraction of sp³-hybridized carbons (Fsp3) is 0.800. The highest BCUT2D eigenvalue weighted by molar-refractivity contribution is 5.91. The van der Waals surface area contributed by atoms with Crippen molar-refractivity contribution < 1.29 is 19.1 Å². The fourth-order valence-electron chi connectivity index (χ4n) is 1.27. The number of amides is 2. The van der Waals surface area contributed by atoms with E-state index in [0.29, 0.717) is 0 Å². The minimum atomic E-state index is -0.772. The van der Waals surface area contributed by atoms with E-state index in [1.807, 2.05) is 0 Å². The monoisotopic (exact) mass is 300 g/mol. The summed E-state index contributed by atoms with van der Waals surface area (Å²) < 4.78 is 5.17. The number of hydrogen-bond donors (Lipinski definition) is 2. The lowest BCUT2D eigenvalue weighted by Gasteiger charge is -2.24. The maximum atomic E-state index is 12.0. The Kier molecular flexibility index (Phi) is 6.39. The quantitative estimate of drug-likeness (QED) is 0.768. The van der Waals surface area contributed by atoms with E-state index in [4.69, 9.17) is 4.74 Å². The van der Waals surface area contributed by atoms with Crippen molar-refractivity contribution in [3.63, 3.8) is 0 Å². The molecule has 0 aromatic carbocycles. The molecule has 6 nitrogen and oxygen atoms in total. The van der Waals surface area contributed by atoms with E-state index in [9.17, 15) is 14.4 Å². The maximum absolute atomic E-state index is 12.0. The molecule has 0 aromatic rings. The van der Waals surface area contributed by atoms with E-state index in [-0.39, 0.29) is 5.91 Å². The van der Waals surface area contributed by atoms with Gasteiger partial charge in [-0.2, -0.15) is 0 Å². The first kappa shape index (κ1) is 19.4. The normalized spacial score (nSPS) is 14.9. The molecule has 0 aliphatic rings. The van der Waals surface area contributed by atoms with Crippen molar-refractivity contribution in [2.24, 2.45) is 5.41 Å². The van der Waals surface area contributed by atoms with E-state index in [0.717, 1.165) is 0 Å². The molecule has 2 amide bonds. The predicted molar refractivity (Wildman–Crippen MR) is 80.5 cm³/mol. The van der Waals surface area contributed by atoms with E-state index in [1.54, 1.807) is 55.4 Å². The fourth-order valence-corrected chi connectivity index (χ4v) is 1.27. The third kappa shape index (κ3) is 7.68. The zero-order chi connectivity index (χ0) is 17.0. The lowest BCUT2D eigenvalue weighted by atomic mass is 9.95. The summed E-state index contributed by atoms with van der Waals surface area (Å²) in [5.74, 6) is -1.16. The Bertz CT molecular complexity index is 405. The third-order valence-corrected chi connectivity index (χ3v) is 2.54. The highest BCUT2D eigenvalue weighted by Crippen LogP contribution is 2.13. The van der Waals surface area contributed by atoms with Crippen LogP contribution >= 0.6 is 0 Å². The highest BCUT2D eigenvalue weighted by atomic mass is 16.6. The summed E-state index contributed by atoms with van der Waals surface area (Å²) in [4.78, 5) is 35.5. The van der Waals surface area contributed by atoms with Crippen molar-refractivity contribution in [2.75, 3.05) is 0 Å². The molecule has 2 atom stereocenters. The van der Waals surface area contributed by atoms with Crippen LogP contribution in [-0.4, -0.2) is 35.5 Å². The van der Waals surface area contributed by atoms with Crippen LogP contribution in [0.25, 0.3) is 0 Å². The van der Waals surface area contributed by atoms with Crippen molar-refractivity contribution >= 4 is 17.8 Å². The third-order valence-electron chi connectivity index (χ3n) is 2.54. The number of carbonyl (C=O) groups excluding carboxylic acids is 3. The average Bonchev–Trinajstić information content (AvgIpc) is 2.24. The molecule has 0 aliphatic carbocycles. The van der Waals surface area contributed by atoms with Gasteiger partial charge in [0.05, 0.1) is 0 Å². The number of hydrogen-bond acceptors (Lipinski definition) is 4. The average molecular weight is 300 g/mol. The van der Waals surface area contributed by atoms with Crippen molar-refractivity contribution in [1.82, 2.24) is 10.6 Å². The van der Waals surface area contributed by atoms with Gasteiger partial charge in [-0.05, 0) is 34.6 Å². The Morgan fingerprint density at radius 1 is 0.857 bits per heavy atom. The molecular weight excluding hydrogens is 272 g/mol. The van der Waals surface area contributed by atoms with Gasteiger partial charge < -0.3 is 15.4 Å². The van der Waals surface area contributed by atoms with Crippen LogP contribution in [0, 0.1) is 5.41 Å².